The number of carbonyl (C=O) groups excluding carboxylic acids is 2. The molecule has 24 heavy (non-hydrogen) atoms. The highest BCUT2D eigenvalue weighted by molar-refractivity contribution is 6.00. The molecule has 2 aromatic rings. The van der Waals surface area contributed by atoms with Gasteiger partial charge in [-0.25, -0.2) is 0 Å². The first kappa shape index (κ1) is 18.0. The average Bonchev–Trinajstić information content (AvgIpc) is 2.95. The molecule has 129 valence electrons. The summed E-state index contributed by atoms with van der Waals surface area (Å²) in [4.78, 5) is 27.6. The van der Waals surface area contributed by atoms with Gasteiger partial charge < -0.3 is 20.7 Å². The summed E-state index contributed by atoms with van der Waals surface area (Å²) in [5.74, 6) is -0.456. The number of aliphatic hydroxyl groups excluding tert-OH is 1. The molecule has 0 bridgehead atoms. The Bertz CT molecular complexity index is 673. The second kappa shape index (κ2) is 7.97. The summed E-state index contributed by atoms with van der Waals surface area (Å²) in [6.07, 6.45) is -0.292. The van der Waals surface area contributed by atoms with Crippen molar-refractivity contribution in [3.8, 4) is 0 Å². The number of aromatic nitrogens is 1. The van der Waals surface area contributed by atoms with Gasteiger partial charge >= 0.3 is 0 Å². The zero-order valence-corrected chi connectivity index (χ0v) is 14.2. The summed E-state index contributed by atoms with van der Waals surface area (Å²) >= 11 is 0. The van der Waals surface area contributed by atoms with Crippen LogP contribution in [-0.2, 0) is 4.79 Å². The van der Waals surface area contributed by atoms with Crippen LogP contribution in [0.25, 0.3) is 10.9 Å². The Morgan fingerprint density at radius 1 is 1.25 bits per heavy atom. The van der Waals surface area contributed by atoms with E-state index in [1.807, 2.05) is 38.1 Å². The standard InChI is InChI=1S/C18H24N3O3/c1-11(2)8-9-19-18(24)16(12(3)22)21-17(23)15-10-13-6-4-5-7-14(13)20-15/h4-7,9-12,16,20,22H,8H2,1-3H3,(H,19,24)(H,21,23)/t12-,16+/m1/s1. The monoisotopic (exact) mass is 330 g/mol. The van der Waals surface area contributed by atoms with E-state index in [9.17, 15) is 14.7 Å². The molecule has 2 atom stereocenters. The molecule has 6 nitrogen and oxygen atoms in total. The van der Waals surface area contributed by atoms with Crippen LogP contribution in [0, 0.1) is 12.5 Å². The Morgan fingerprint density at radius 2 is 1.96 bits per heavy atom. The van der Waals surface area contributed by atoms with Crippen molar-refractivity contribution < 1.29 is 14.7 Å². The topological polar surface area (TPSA) is 94.2 Å². The number of benzene rings is 1. The minimum Gasteiger partial charge on any atom is -0.391 e. The van der Waals surface area contributed by atoms with E-state index in [4.69, 9.17) is 0 Å². The molecular formula is C18H24N3O3. The average molecular weight is 330 g/mol. The number of aromatic amines is 1. The molecular weight excluding hydrogens is 306 g/mol. The van der Waals surface area contributed by atoms with Gasteiger partial charge in [0, 0.05) is 17.4 Å². The highest BCUT2D eigenvalue weighted by Crippen LogP contribution is 2.14. The van der Waals surface area contributed by atoms with Crippen molar-refractivity contribution in [3.05, 3.63) is 42.6 Å². The van der Waals surface area contributed by atoms with Gasteiger partial charge in [-0.1, -0.05) is 32.0 Å². The van der Waals surface area contributed by atoms with Crippen LogP contribution in [0.1, 0.15) is 37.7 Å². The molecule has 0 aliphatic heterocycles. The molecule has 0 saturated heterocycles. The number of hydrogen-bond acceptors (Lipinski definition) is 3. The van der Waals surface area contributed by atoms with E-state index in [2.05, 4.69) is 15.6 Å². The Hall–Kier alpha value is -2.34. The van der Waals surface area contributed by atoms with Gasteiger partial charge in [0.2, 0.25) is 5.91 Å². The molecule has 6 heteroatoms. The van der Waals surface area contributed by atoms with Crippen molar-refractivity contribution in [3.63, 3.8) is 0 Å². The van der Waals surface area contributed by atoms with Gasteiger partial charge in [-0.15, -0.1) is 0 Å². The van der Waals surface area contributed by atoms with Gasteiger partial charge in [-0.2, -0.15) is 0 Å². The van der Waals surface area contributed by atoms with Crippen molar-refractivity contribution in [2.24, 2.45) is 5.92 Å². The third-order valence-corrected chi connectivity index (χ3v) is 3.66. The second-order valence-electron chi connectivity index (χ2n) is 6.30. The van der Waals surface area contributed by atoms with Crippen LogP contribution in [0.2, 0.25) is 0 Å². The predicted octanol–water partition coefficient (Wildman–Crippen LogP) is 1.97. The third kappa shape index (κ3) is 4.58. The second-order valence-corrected chi connectivity index (χ2v) is 6.30. The van der Waals surface area contributed by atoms with E-state index in [1.165, 1.54) is 6.92 Å². The first-order valence-electron chi connectivity index (χ1n) is 8.07. The number of H-pyrrole nitrogens is 1. The molecule has 2 rings (SSSR count). The summed E-state index contributed by atoms with van der Waals surface area (Å²) in [6.45, 7) is 7.19. The highest BCUT2D eigenvalue weighted by Gasteiger charge is 2.26. The number of amides is 2. The smallest absolute Gasteiger partial charge is 0.268 e. The van der Waals surface area contributed by atoms with E-state index in [-0.39, 0.29) is 0 Å². The molecule has 2 amide bonds. The third-order valence-electron chi connectivity index (χ3n) is 3.66. The Labute approximate surface area is 141 Å². The van der Waals surface area contributed by atoms with Crippen molar-refractivity contribution >= 4 is 22.7 Å². The summed E-state index contributed by atoms with van der Waals surface area (Å²) < 4.78 is 0. The molecule has 0 fully saturated rings. The summed E-state index contributed by atoms with van der Waals surface area (Å²) in [5, 5.41) is 15.9. The number of carbonyl (C=O) groups is 2. The molecule has 1 heterocycles. The molecule has 0 aliphatic rings. The number of rotatable bonds is 7. The molecule has 0 aliphatic carbocycles. The van der Waals surface area contributed by atoms with Crippen LogP contribution in [0.4, 0.5) is 0 Å². The molecule has 0 spiro atoms. The maximum Gasteiger partial charge on any atom is 0.268 e. The van der Waals surface area contributed by atoms with Crippen LogP contribution in [-0.4, -0.2) is 34.1 Å². The molecule has 1 aromatic carbocycles. The normalized spacial score (nSPS) is 13.7. The molecule has 0 saturated carbocycles. The van der Waals surface area contributed by atoms with Crippen molar-refractivity contribution in [1.82, 2.24) is 15.6 Å². The number of para-hydroxylation sites is 1. The summed E-state index contributed by atoms with van der Waals surface area (Å²) in [6, 6.07) is 8.21. The lowest BCUT2D eigenvalue weighted by atomic mass is 10.1. The molecule has 4 N–H and O–H groups in total. The predicted molar refractivity (Wildman–Crippen MR) is 93.1 cm³/mol. The first-order chi connectivity index (χ1) is 11.4. The van der Waals surface area contributed by atoms with Crippen LogP contribution >= 0.6 is 0 Å². The van der Waals surface area contributed by atoms with Gasteiger partial charge in [0.05, 0.1) is 6.10 Å². The van der Waals surface area contributed by atoms with E-state index < -0.39 is 24.0 Å². The molecule has 0 unspecified atom stereocenters. The van der Waals surface area contributed by atoms with Gasteiger partial charge in [0.15, 0.2) is 0 Å². The quantitative estimate of drug-likeness (QED) is 0.625. The zero-order valence-electron chi connectivity index (χ0n) is 14.2. The summed E-state index contributed by atoms with van der Waals surface area (Å²) in [7, 11) is 0. The first-order valence-corrected chi connectivity index (χ1v) is 8.07. The van der Waals surface area contributed by atoms with Crippen LogP contribution in [0.5, 0.6) is 0 Å². The lowest BCUT2D eigenvalue weighted by Crippen LogP contribution is -2.52. The Kier molecular flexibility index (Phi) is 5.98. The number of aliphatic hydroxyl groups is 1. The fraction of sp³-hybridized carbons (Fsp3) is 0.389. The minimum atomic E-state index is -1.02. The largest absolute Gasteiger partial charge is 0.391 e. The van der Waals surface area contributed by atoms with Crippen molar-refractivity contribution in [2.75, 3.05) is 0 Å². The van der Waals surface area contributed by atoms with E-state index in [0.717, 1.165) is 10.9 Å². The lowest BCUT2D eigenvalue weighted by molar-refractivity contribution is -0.124. The van der Waals surface area contributed by atoms with Crippen LogP contribution < -0.4 is 10.6 Å². The Morgan fingerprint density at radius 3 is 2.58 bits per heavy atom. The number of nitrogens with one attached hydrogen (secondary N) is 3. The number of hydrogen-bond donors (Lipinski definition) is 4. The van der Waals surface area contributed by atoms with Crippen molar-refractivity contribution in [1.29, 1.82) is 0 Å². The maximum absolute atomic E-state index is 12.4. The summed E-state index contributed by atoms with van der Waals surface area (Å²) in [5.41, 5.74) is 1.19. The SMILES string of the molecule is CC(C)C[CH]NC(=O)[C@@H](NC(=O)c1cc2ccccc2[nH]1)[C@@H](C)O. The zero-order chi connectivity index (χ0) is 17.7. The van der Waals surface area contributed by atoms with Gasteiger partial charge in [-0.3, -0.25) is 9.59 Å². The maximum atomic E-state index is 12.4. The Balaban J connectivity index is 2.03. The fourth-order valence-corrected chi connectivity index (χ4v) is 2.30. The van der Waals surface area contributed by atoms with Gasteiger partial charge in [0.1, 0.15) is 11.7 Å². The van der Waals surface area contributed by atoms with E-state index in [1.54, 1.807) is 12.6 Å². The van der Waals surface area contributed by atoms with Gasteiger partial charge in [-0.05, 0) is 31.4 Å². The highest BCUT2D eigenvalue weighted by atomic mass is 16.3. The fourth-order valence-electron chi connectivity index (χ4n) is 2.30. The van der Waals surface area contributed by atoms with Crippen LogP contribution in [0.3, 0.4) is 0 Å². The van der Waals surface area contributed by atoms with E-state index >= 15 is 0 Å². The molecule has 1 aromatic heterocycles. The van der Waals surface area contributed by atoms with Crippen LogP contribution in [0.15, 0.2) is 30.3 Å². The minimum absolute atomic E-state index is 0.348. The lowest BCUT2D eigenvalue weighted by Gasteiger charge is -2.20. The van der Waals surface area contributed by atoms with Gasteiger partial charge in [0.25, 0.3) is 5.91 Å². The number of fused-ring (bicyclic) bond motifs is 1. The molecule has 1 radical (unpaired) electrons. The van der Waals surface area contributed by atoms with E-state index in [0.29, 0.717) is 18.0 Å². The van der Waals surface area contributed by atoms with Crippen molar-refractivity contribution in [2.45, 2.75) is 39.3 Å².